The number of carbonyl (C=O) groups is 2. The van der Waals surface area contributed by atoms with Crippen molar-refractivity contribution in [3.8, 4) is 17.2 Å². The summed E-state index contributed by atoms with van der Waals surface area (Å²) in [7, 11) is 4.48. The second-order valence-corrected chi connectivity index (χ2v) is 6.83. The summed E-state index contributed by atoms with van der Waals surface area (Å²) in [6, 6.07) is 17.1. The lowest BCUT2D eigenvalue weighted by Gasteiger charge is -2.14. The molecule has 32 heavy (non-hydrogen) atoms. The third kappa shape index (κ3) is 5.10. The Hall–Kier alpha value is -4.20. The van der Waals surface area contributed by atoms with Crippen molar-refractivity contribution in [3.05, 3.63) is 77.4 Å². The predicted octanol–water partition coefficient (Wildman–Crippen LogP) is 3.48. The van der Waals surface area contributed by atoms with Gasteiger partial charge in [0, 0.05) is 17.7 Å². The lowest BCUT2D eigenvalue weighted by Crippen LogP contribution is -2.23. The monoisotopic (exact) mass is 435 g/mol. The summed E-state index contributed by atoms with van der Waals surface area (Å²) in [5.41, 5.74) is 8.59. The molecule has 3 aromatic carbocycles. The summed E-state index contributed by atoms with van der Waals surface area (Å²) >= 11 is 0. The minimum Gasteiger partial charge on any atom is -0.493 e. The van der Waals surface area contributed by atoms with Gasteiger partial charge in [0.25, 0.3) is 11.8 Å². The van der Waals surface area contributed by atoms with Gasteiger partial charge in [0.15, 0.2) is 11.5 Å². The van der Waals surface area contributed by atoms with Crippen LogP contribution < -0.4 is 30.6 Å². The molecule has 2 amide bonds. The van der Waals surface area contributed by atoms with E-state index in [4.69, 9.17) is 19.9 Å². The molecule has 0 heterocycles. The first-order valence-electron chi connectivity index (χ1n) is 9.79. The second-order valence-electron chi connectivity index (χ2n) is 6.83. The molecule has 166 valence electrons. The lowest BCUT2D eigenvalue weighted by molar-refractivity contribution is 0.0949. The third-order valence-corrected chi connectivity index (χ3v) is 4.81. The average Bonchev–Trinajstić information content (AvgIpc) is 2.83. The number of rotatable bonds is 8. The number of para-hydroxylation sites is 2. The van der Waals surface area contributed by atoms with Crippen LogP contribution in [0.1, 0.15) is 26.3 Å². The summed E-state index contributed by atoms with van der Waals surface area (Å²) in [4.78, 5) is 25.1. The first-order chi connectivity index (χ1) is 15.5. The van der Waals surface area contributed by atoms with Crippen LogP contribution in [-0.4, -0.2) is 33.1 Å². The molecule has 0 saturated carbocycles. The van der Waals surface area contributed by atoms with Gasteiger partial charge < -0.3 is 30.6 Å². The van der Waals surface area contributed by atoms with Crippen LogP contribution in [0.3, 0.4) is 0 Å². The quantitative estimate of drug-likeness (QED) is 0.467. The molecule has 4 N–H and O–H groups in total. The molecule has 0 fully saturated rings. The number of ether oxygens (including phenoxy) is 3. The fourth-order valence-corrected chi connectivity index (χ4v) is 3.08. The zero-order valence-electron chi connectivity index (χ0n) is 18.1. The maximum atomic E-state index is 12.6. The Balaban J connectivity index is 1.64. The highest BCUT2D eigenvalue weighted by molar-refractivity contribution is 6.05. The van der Waals surface area contributed by atoms with E-state index in [1.165, 1.54) is 21.3 Å². The molecule has 8 heteroatoms. The number of carbonyl (C=O) groups excluding carboxylic acids is 2. The number of methoxy groups -OCH3 is 3. The molecular formula is C24H25N3O5. The van der Waals surface area contributed by atoms with Crippen LogP contribution in [-0.2, 0) is 6.54 Å². The lowest BCUT2D eigenvalue weighted by atomic mass is 10.1. The molecule has 3 aromatic rings. The summed E-state index contributed by atoms with van der Waals surface area (Å²) in [6.45, 7) is 0.281. The molecule has 0 spiro atoms. The average molecular weight is 435 g/mol. The van der Waals surface area contributed by atoms with Crippen molar-refractivity contribution in [2.45, 2.75) is 6.54 Å². The van der Waals surface area contributed by atoms with Gasteiger partial charge in [0.1, 0.15) is 0 Å². The fourth-order valence-electron chi connectivity index (χ4n) is 3.08. The van der Waals surface area contributed by atoms with E-state index in [-0.39, 0.29) is 18.4 Å². The Bertz CT molecular complexity index is 1090. The maximum Gasteiger partial charge on any atom is 0.255 e. The van der Waals surface area contributed by atoms with Gasteiger partial charge in [-0.25, -0.2) is 0 Å². The Morgan fingerprint density at radius 2 is 1.44 bits per heavy atom. The number of benzene rings is 3. The van der Waals surface area contributed by atoms with Crippen LogP contribution >= 0.6 is 0 Å². The van der Waals surface area contributed by atoms with Crippen molar-refractivity contribution in [1.29, 1.82) is 0 Å². The molecule has 0 aromatic heterocycles. The van der Waals surface area contributed by atoms with E-state index in [0.29, 0.717) is 39.8 Å². The fraction of sp³-hybridized carbons (Fsp3) is 0.167. The Morgan fingerprint density at radius 3 is 2.00 bits per heavy atom. The highest BCUT2D eigenvalue weighted by Gasteiger charge is 2.17. The van der Waals surface area contributed by atoms with Gasteiger partial charge in [0.2, 0.25) is 5.75 Å². The van der Waals surface area contributed by atoms with Gasteiger partial charge in [0.05, 0.1) is 32.7 Å². The molecular weight excluding hydrogens is 410 g/mol. The number of nitrogen functional groups attached to an aromatic ring is 1. The summed E-state index contributed by atoms with van der Waals surface area (Å²) < 4.78 is 15.8. The molecule has 8 nitrogen and oxygen atoms in total. The van der Waals surface area contributed by atoms with Crippen molar-refractivity contribution in [3.63, 3.8) is 0 Å². The van der Waals surface area contributed by atoms with E-state index in [2.05, 4.69) is 10.6 Å². The van der Waals surface area contributed by atoms with E-state index in [0.717, 1.165) is 5.56 Å². The summed E-state index contributed by atoms with van der Waals surface area (Å²) in [5, 5.41) is 5.62. The molecule has 0 unspecified atom stereocenters. The number of amides is 2. The molecule has 0 atom stereocenters. The SMILES string of the molecule is COc1cc(C(=O)NCc2ccc(C(=O)Nc3ccccc3N)cc2)cc(OC)c1OC. The van der Waals surface area contributed by atoms with Crippen LogP contribution in [0, 0.1) is 0 Å². The van der Waals surface area contributed by atoms with Crippen LogP contribution in [0.2, 0.25) is 0 Å². The van der Waals surface area contributed by atoms with E-state index in [1.807, 2.05) is 0 Å². The molecule has 0 radical (unpaired) electrons. The van der Waals surface area contributed by atoms with Crippen molar-refractivity contribution < 1.29 is 23.8 Å². The van der Waals surface area contributed by atoms with Gasteiger partial charge in [-0.2, -0.15) is 0 Å². The Morgan fingerprint density at radius 1 is 0.812 bits per heavy atom. The van der Waals surface area contributed by atoms with Crippen LogP contribution in [0.15, 0.2) is 60.7 Å². The Labute approximate surface area is 186 Å². The highest BCUT2D eigenvalue weighted by Crippen LogP contribution is 2.38. The van der Waals surface area contributed by atoms with E-state index in [1.54, 1.807) is 60.7 Å². The summed E-state index contributed by atoms with van der Waals surface area (Å²) in [5.74, 6) is 0.636. The first kappa shape index (κ1) is 22.5. The number of nitrogens with one attached hydrogen (secondary N) is 2. The van der Waals surface area contributed by atoms with Crippen molar-refractivity contribution >= 4 is 23.2 Å². The van der Waals surface area contributed by atoms with Crippen LogP contribution in [0.4, 0.5) is 11.4 Å². The number of hydrogen-bond donors (Lipinski definition) is 3. The molecule has 0 aliphatic heterocycles. The van der Waals surface area contributed by atoms with Gasteiger partial charge in [-0.05, 0) is 42.0 Å². The predicted molar refractivity (Wildman–Crippen MR) is 123 cm³/mol. The zero-order valence-corrected chi connectivity index (χ0v) is 18.1. The molecule has 0 bridgehead atoms. The van der Waals surface area contributed by atoms with Crippen molar-refractivity contribution in [1.82, 2.24) is 5.32 Å². The standard InChI is InChI=1S/C24H25N3O5/c1-30-20-12-17(13-21(31-2)22(20)32-3)23(28)26-14-15-8-10-16(11-9-15)24(29)27-19-7-5-4-6-18(19)25/h4-13H,14,25H2,1-3H3,(H,26,28)(H,27,29). The van der Waals surface area contributed by atoms with E-state index in [9.17, 15) is 9.59 Å². The highest BCUT2D eigenvalue weighted by atomic mass is 16.5. The smallest absolute Gasteiger partial charge is 0.255 e. The minimum absolute atomic E-state index is 0.268. The van der Waals surface area contributed by atoms with Gasteiger partial charge >= 0.3 is 0 Å². The van der Waals surface area contributed by atoms with Crippen LogP contribution in [0.25, 0.3) is 0 Å². The molecule has 0 aliphatic carbocycles. The van der Waals surface area contributed by atoms with Gasteiger partial charge in [-0.1, -0.05) is 24.3 Å². The first-order valence-corrected chi connectivity index (χ1v) is 9.79. The second kappa shape index (κ2) is 10.2. The number of nitrogens with two attached hydrogens (primary N) is 1. The number of hydrogen-bond acceptors (Lipinski definition) is 6. The van der Waals surface area contributed by atoms with Crippen LogP contribution in [0.5, 0.6) is 17.2 Å². The maximum absolute atomic E-state index is 12.6. The molecule has 3 rings (SSSR count). The van der Waals surface area contributed by atoms with E-state index < -0.39 is 0 Å². The molecule has 0 saturated heterocycles. The summed E-state index contributed by atoms with van der Waals surface area (Å²) in [6.07, 6.45) is 0. The third-order valence-electron chi connectivity index (χ3n) is 4.81. The van der Waals surface area contributed by atoms with Gasteiger partial charge in [-0.3, -0.25) is 9.59 Å². The normalized spacial score (nSPS) is 10.2. The number of anilines is 2. The van der Waals surface area contributed by atoms with Crippen molar-refractivity contribution in [2.75, 3.05) is 32.4 Å². The van der Waals surface area contributed by atoms with Gasteiger partial charge in [-0.15, -0.1) is 0 Å². The van der Waals surface area contributed by atoms with E-state index >= 15 is 0 Å². The Kier molecular flexibility index (Phi) is 7.17. The largest absolute Gasteiger partial charge is 0.493 e. The minimum atomic E-state index is -0.300. The molecule has 0 aliphatic rings. The topological polar surface area (TPSA) is 112 Å². The van der Waals surface area contributed by atoms with Crippen molar-refractivity contribution in [2.24, 2.45) is 0 Å². The zero-order chi connectivity index (χ0) is 23.1.